The van der Waals surface area contributed by atoms with E-state index in [0.29, 0.717) is 35.1 Å². The first kappa shape index (κ1) is 23.8. The van der Waals surface area contributed by atoms with Gasteiger partial charge in [-0.05, 0) is 42.8 Å². The fourth-order valence-electron chi connectivity index (χ4n) is 3.82. The average Bonchev–Trinajstić information content (AvgIpc) is 3.37. The van der Waals surface area contributed by atoms with Gasteiger partial charge in [0.1, 0.15) is 12.4 Å². The standard InChI is InChI=1S/C25H25FN4O5/c1-14(2)24(31)35-9-8-27-25(32)30-22-18-13-21(34-4)20(33-3)11-15(18)10-19(22)23(29-30)28-17-7-5-6-16(26)12-17/h5-7,11-13H,1,8-10H2,2-4H3,(H,27,32)(H,28,29). The predicted octanol–water partition coefficient (Wildman–Crippen LogP) is 4.03. The van der Waals surface area contributed by atoms with E-state index in [0.717, 1.165) is 16.7 Å². The molecule has 182 valence electrons. The fraction of sp³-hybridized carbons (Fsp3) is 0.240. The minimum Gasteiger partial charge on any atom is -0.493 e. The Bertz CT molecular complexity index is 1320. The Morgan fingerprint density at radius 3 is 2.60 bits per heavy atom. The van der Waals surface area contributed by atoms with Crippen molar-refractivity contribution in [3.05, 3.63) is 65.5 Å². The van der Waals surface area contributed by atoms with Crippen LogP contribution in [0.1, 0.15) is 18.1 Å². The summed E-state index contributed by atoms with van der Waals surface area (Å²) in [4.78, 5) is 24.6. The molecule has 3 aromatic rings. The van der Waals surface area contributed by atoms with E-state index in [2.05, 4.69) is 22.3 Å². The van der Waals surface area contributed by atoms with Crippen LogP contribution in [-0.4, -0.2) is 49.2 Å². The van der Waals surface area contributed by atoms with Crippen LogP contribution in [0.2, 0.25) is 0 Å². The van der Waals surface area contributed by atoms with Gasteiger partial charge in [-0.25, -0.2) is 14.0 Å². The maximum absolute atomic E-state index is 13.7. The van der Waals surface area contributed by atoms with Gasteiger partial charge in [-0.1, -0.05) is 12.6 Å². The number of carbonyl (C=O) groups is 2. The maximum Gasteiger partial charge on any atom is 0.342 e. The first-order chi connectivity index (χ1) is 16.8. The van der Waals surface area contributed by atoms with E-state index in [1.807, 2.05) is 6.07 Å². The van der Waals surface area contributed by atoms with Crippen molar-refractivity contribution >= 4 is 23.5 Å². The van der Waals surface area contributed by atoms with Crippen molar-refractivity contribution in [2.24, 2.45) is 0 Å². The number of ether oxygens (including phenoxy) is 3. The molecule has 1 amide bonds. The number of nitrogens with one attached hydrogen (secondary N) is 2. The Hall–Kier alpha value is -4.34. The molecule has 0 fully saturated rings. The summed E-state index contributed by atoms with van der Waals surface area (Å²) in [7, 11) is 3.09. The van der Waals surface area contributed by atoms with E-state index in [9.17, 15) is 14.0 Å². The van der Waals surface area contributed by atoms with Crippen molar-refractivity contribution < 1.29 is 28.2 Å². The molecule has 0 spiro atoms. The quantitative estimate of drug-likeness (QED) is 0.223. The van der Waals surface area contributed by atoms with Crippen LogP contribution in [-0.2, 0) is 16.0 Å². The SMILES string of the molecule is C=C(C)C(=O)OCCNC(=O)n1nc(Nc2cccc(F)c2)c2c1-c1cc(OC)c(OC)cc1C2. The lowest BCUT2D eigenvalue weighted by atomic mass is 10.1. The largest absolute Gasteiger partial charge is 0.493 e. The zero-order chi connectivity index (χ0) is 25.1. The third-order valence-corrected chi connectivity index (χ3v) is 5.45. The minimum atomic E-state index is -0.532. The smallest absolute Gasteiger partial charge is 0.342 e. The lowest BCUT2D eigenvalue weighted by Crippen LogP contribution is -2.33. The number of benzene rings is 2. The number of anilines is 2. The van der Waals surface area contributed by atoms with Crippen LogP contribution in [0.25, 0.3) is 11.3 Å². The van der Waals surface area contributed by atoms with Crippen molar-refractivity contribution in [3.8, 4) is 22.8 Å². The van der Waals surface area contributed by atoms with Crippen LogP contribution < -0.4 is 20.1 Å². The van der Waals surface area contributed by atoms with Gasteiger partial charge in [-0.3, -0.25) is 0 Å². The summed E-state index contributed by atoms with van der Waals surface area (Å²) >= 11 is 0. The number of nitrogens with zero attached hydrogens (tertiary/aromatic N) is 2. The number of hydrogen-bond donors (Lipinski definition) is 2. The molecule has 0 saturated carbocycles. The highest BCUT2D eigenvalue weighted by molar-refractivity contribution is 5.90. The van der Waals surface area contributed by atoms with Crippen LogP contribution in [0, 0.1) is 5.82 Å². The number of amides is 1. The van der Waals surface area contributed by atoms with Crippen molar-refractivity contribution in [3.63, 3.8) is 0 Å². The van der Waals surface area contributed by atoms with Crippen molar-refractivity contribution in [1.29, 1.82) is 0 Å². The fourth-order valence-corrected chi connectivity index (χ4v) is 3.82. The van der Waals surface area contributed by atoms with Gasteiger partial charge in [0.25, 0.3) is 0 Å². The number of methoxy groups -OCH3 is 2. The monoisotopic (exact) mass is 480 g/mol. The first-order valence-electron chi connectivity index (χ1n) is 10.8. The highest BCUT2D eigenvalue weighted by Crippen LogP contribution is 2.45. The maximum atomic E-state index is 13.7. The summed E-state index contributed by atoms with van der Waals surface area (Å²) in [5.41, 5.74) is 3.81. The summed E-state index contributed by atoms with van der Waals surface area (Å²) in [6.45, 7) is 5.13. The molecule has 4 rings (SSSR count). The van der Waals surface area contributed by atoms with Gasteiger partial charge in [0.15, 0.2) is 17.3 Å². The highest BCUT2D eigenvalue weighted by Gasteiger charge is 2.31. The van der Waals surface area contributed by atoms with Crippen LogP contribution >= 0.6 is 0 Å². The number of esters is 1. The van der Waals surface area contributed by atoms with Crippen LogP contribution in [0.3, 0.4) is 0 Å². The molecule has 1 heterocycles. The lowest BCUT2D eigenvalue weighted by Gasteiger charge is -2.12. The number of carbonyl (C=O) groups excluding carboxylic acids is 2. The van der Waals surface area contributed by atoms with Crippen molar-refractivity contribution in [2.75, 3.05) is 32.7 Å². The molecule has 10 heteroatoms. The van der Waals surface area contributed by atoms with E-state index >= 15 is 0 Å². The molecule has 2 N–H and O–H groups in total. The van der Waals surface area contributed by atoms with Crippen molar-refractivity contribution in [1.82, 2.24) is 15.1 Å². The molecule has 0 atom stereocenters. The third-order valence-electron chi connectivity index (χ3n) is 5.45. The van der Waals surface area contributed by atoms with Crippen LogP contribution in [0.4, 0.5) is 20.7 Å². The highest BCUT2D eigenvalue weighted by atomic mass is 19.1. The van der Waals surface area contributed by atoms with E-state index < -0.39 is 17.8 Å². The predicted molar refractivity (Wildman–Crippen MR) is 128 cm³/mol. The summed E-state index contributed by atoms with van der Waals surface area (Å²) in [5, 5.41) is 10.3. The van der Waals surface area contributed by atoms with Gasteiger partial charge < -0.3 is 24.8 Å². The Kier molecular flexibility index (Phi) is 6.72. The molecule has 9 nitrogen and oxygen atoms in total. The lowest BCUT2D eigenvalue weighted by molar-refractivity contribution is -0.138. The minimum absolute atomic E-state index is 0.0170. The molecule has 35 heavy (non-hydrogen) atoms. The molecular formula is C25H25FN4O5. The molecule has 1 aliphatic carbocycles. The van der Waals surface area contributed by atoms with Gasteiger partial charge in [-0.2, -0.15) is 4.68 Å². The summed E-state index contributed by atoms with van der Waals surface area (Å²) in [6.07, 6.45) is 0.478. The number of hydrogen-bond acceptors (Lipinski definition) is 7. The number of rotatable bonds is 8. The number of halogens is 1. The summed E-state index contributed by atoms with van der Waals surface area (Å²) in [5.74, 6) is 0.572. The topological polar surface area (TPSA) is 104 Å². The average molecular weight is 480 g/mol. The Balaban J connectivity index is 1.67. The zero-order valence-corrected chi connectivity index (χ0v) is 19.6. The molecule has 0 bridgehead atoms. The van der Waals surface area contributed by atoms with E-state index in [1.165, 1.54) is 23.9 Å². The molecule has 0 saturated heterocycles. The second kappa shape index (κ2) is 9.88. The van der Waals surface area contributed by atoms with Crippen LogP contribution in [0.15, 0.2) is 48.6 Å². The molecular weight excluding hydrogens is 455 g/mol. The second-order valence-electron chi connectivity index (χ2n) is 7.91. The Labute approximate surface area is 201 Å². The molecule has 0 unspecified atom stereocenters. The molecule has 2 aromatic carbocycles. The summed E-state index contributed by atoms with van der Waals surface area (Å²) < 4.78 is 30.9. The number of aromatic nitrogens is 2. The zero-order valence-electron chi connectivity index (χ0n) is 19.6. The molecule has 1 aromatic heterocycles. The first-order valence-corrected chi connectivity index (χ1v) is 10.8. The normalized spacial score (nSPS) is 11.3. The number of fused-ring (bicyclic) bond motifs is 3. The van der Waals surface area contributed by atoms with Gasteiger partial charge in [0.2, 0.25) is 0 Å². The van der Waals surface area contributed by atoms with E-state index in [-0.39, 0.29) is 18.7 Å². The van der Waals surface area contributed by atoms with E-state index in [1.54, 1.807) is 32.2 Å². The summed E-state index contributed by atoms with van der Waals surface area (Å²) in [6, 6.07) is 9.12. The van der Waals surface area contributed by atoms with E-state index in [4.69, 9.17) is 14.2 Å². The second-order valence-corrected chi connectivity index (χ2v) is 7.91. The molecule has 1 aliphatic rings. The Morgan fingerprint density at radius 2 is 1.91 bits per heavy atom. The van der Waals surface area contributed by atoms with Crippen molar-refractivity contribution in [2.45, 2.75) is 13.3 Å². The molecule has 0 radical (unpaired) electrons. The van der Waals surface area contributed by atoms with Crippen LogP contribution in [0.5, 0.6) is 11.5 Å². The van der Waals surface area contributed by atoms with Gasteiger partial charge in [0, 0.05) is 28.8 Å². The van der Waals surface area contributed by atoms with Gasteiger partial charge >= 0.3 is 12.0 Å². The third kappa shape index (κ3) is 4.81. The van der Waals surface area contributed by atoms with Gasteiger partial charge in [-0.15, -0.1) is 5.10 Å². The molecule has 0 aliphatic heterocycles. The van der Waals surface area contributed by atoms with Gasteiger partial charge in [0.05, 0.1) is 26.5 Å². The Morgan fingerprint density at radius 1 is 1.17 bits per heavy atom.